The minimum atomic E-state index is -0.390. The van der Waals surface area contributed by atoms with Gasteiger partial charge in [0, 0.05) is 18.0 Å². The van der Waals surface area contributed by atoms with Gasteiger partial charge in [0.25, 0.3) is 0 Å². The van der Waals surface area contributed by atoms with Crippen LogP contribution in [0.2, 0.25) is 0 Å². The van der Waals surface area contributed by atoms with Crippen LogP contribution in [-0.2, 0) is 13.0 Å². The SMILES string of the molecule is Cc1c(CO)oc2cccc(OC(N)CCCc3cccnc3)c12. The third-order valence-corrected chi connectivity index (χ3v) is 4.11. The van der Waals surface area contributed by atoms with Crippen molar-refractivity contribution in [2.75, 3.05) is 0 Å². The largest absolute Gasteiger partial charge is 0.475 e. The maximum absolute atomic E-state index is 9.35. The molecular weight excluding hydrogens is 304 g/mol. The van der Waals surface area contributed by atoms with Crippen LogP contribution in [0.1, 0.15) is 29.7 Å². The van der Waals surface area contributed by atoms with E-state index in [1.54, 1.807) is 6.20 Å². The summed E-state index contributed by atoms with van der Waals surface area (Å²) < 4.78 is 11.6. The molecule has 0 spiro atoms. The molecule has 1 unspecified atom stereocenters. The number of nitrogens with two attached hydrogens (primary N) is 1. The molecule has 0 bridgehead atoms. The first-order chi connectivity index (χ1) is 11.7. The van der Waals surface area contributed by atoms with Crippen molar-refractivity contribution in [2.45, 2.75) is 39.0 Å². The van der Waals surface area contributed by atoms with Crippen LogP contribution in [0.25, 0.3) is 11.0 Å². The molecule has 0 aliphatic heterocycles. The first-order valence-corrected chi connectivity index (χ1v) is 8.12. The van der Waals surface area contributed by atoms with Gasteiger partial charge in [0.1, 0.15) is 29.9 Å². The summed E-state index contributed by atoms with van der Waals surface area (Å²) in [7, 11) is 0. The Balaban J connectivity index is 1.65. The highest BCUT2D eigenvalue weighted by Crippen LogP contribution is 2.33. The summed E-state index contributed by atoms with van der Waals surface area (Å²) in [5, 5.41) is 10.2. The van der Waals surface area contributed by atoms with E-state index in [4.69, 9.17) is 14.9 Å². The molecule has 2 heterocycles. The second-order valence-corrected chi connectivity index (χ2v) is 5.85. The zero-order valence-electron chi connectivity index (χ0n) is 13.7. The molecule has 0 aliphatic carbocycles. The topological polar surface area (TPSA) is 81.5 Å². The fraction of sp³-hybridized carbons (Fsp3) is 0.316. The average Bonchev–Trinajstić information content (AvgIpc) is 2.93. The van der Waals surface area contributed by atoms with Crippen molar-refractivity contribution >= 4 is 11.0 Å². The van der Waals surface area contributed by atoms with Crippen LogP contribution in [0, 0.1) is 6.92 Å². The molecule has 0 aliphatic rings. The fourth-order valence-electron chi connectivity index (χ4n) is 2.84. The van der Waals surface area contributed by atoms with Gasteiger partial charge in [0.15, 0.2) is 0 Å². The lowest BCUT2D eigenvalue weighted by atomic mass is 10.1. The molecule has 0 radical (unpaired) electrons. The number of aliphatic hydroxyl groups excluding tert-OH is 1. The molecule has 5 nitrogen and oxygen atoms in total. The number of hydrogen-bond acceptors (Lipinski definition) is 5. The van der Waals surface area contributed by atoms with Gasteiger partial charge in [-0.25, -0.2) is 0 Å². The Morgan fingerprint density at radius 1 is 1.29 bits per heavy atom. The summed E-state index contributed by atoms with van der Waals surface area (Å²) in [5.41, 5.74) is 8.93. The lowest BCUT2D eigenvalue weighted by Gasteiger charge is -2.15. The zero-order chi connectivity index (χ0) is 16.9. The fourth-order valence-corrected chi connectivity index (χ4v) is 2.84. The van der Waals surface area contributed by atoms with E-state index in [0.29, 0.717) is 17.1 Å². The quantitative estimate of drug-likeness (QED) is 0.651. The van der Waals surface area contributed by atoms with E-state index in [9.17, 15) is 5.11 Å². The van der Waals surface area contributed by atoms with Gasteiger partial charge in [-0.3, -0.25) is 10.7 Å². The highest BCUT2D eigenvalue weighted by Gasteiger charge is 2.15. The maximum atomic E-state index is 9.35. The van der Waals surface area contributed by atoms with Crippen LogP contribution in [0.5, 0.6) is 5.75 Å². The Hall–Kier alpha value is -2.37. The molecule has 2 aromatic heterocycles. The number of fused-ring (bicyclic) bond motifs is 1. The van der Waals surface area contributed by atoms with Crippen LogP contribution < -0.4 is 10.5 Å². The van der Waals surface area contributed by atoms with E-state index < -0.39 is 0 Å². The Bertz CT molecular complexity index is 799. The van der Waals surface area contributed by atoms with Gasteiger partial charge in [-0.15, -0.1) is 0 Å². The summed E-state index contributed by atoms with van der Waals surface area (Å²) in [4.78, 5) is 4.11. The van der Waals surface area contributed by atoms with Gasteiger partial charge in [0.05, 0.1) is 5.39 Å². The molecule has 1 atom stereocenters. The van der Waals surface area contributed by atoms with Gasteiger partial charge in [-0.1, -0.05) is 12.1 Å². The summed E-state index contributed by atoms with van der Waals surface area (Å²) >= 11 is 0. The maximum Gasteiger partial charge on any atom is 0.147 e. The van der Waals surface area contributed by atoms with Crippen LogP contribution in [0.4, 0.5) is 0 Å². The molecule has 0 fully saturated rings. The van der Waals surface area contributed by atoms with Gasteiger partial charge in [0.2, 0.25) is 0 Å². The highest BCUT2D eigenvalue weighted by molar-refractivity contribution is 5.88. The van der Waals surface area contributed by atoms with Crippen molar-refractivity contribution < 1.29 is 14.3 Å². The monoisotopic (exact) mass is 326 g/mol. The third-order valence-electron chi connectivity index (χ3n) is 4.11. The second kappa shape index (κ2) is 7.47. The predicted octanol–water partition coefficient (Wildman–Crippen LogP) is 3.32. The number of ether oxygens (including phenoxy) is 1. The number of hydrogen-bond donors (Lipinski definition) is 2. The van der Waals surface area contributed by atoms with E-state index in [2.05, 4.69) is 11.1 Å². The van der Waals surface area contributed by atoms with Gasteiger partial charge < -0.3 is 14.3 Å². The van der Waals surface area contributed by atoms with E-state index in [0.717, 1.165) is 30.2 Å². The standard InChI is InChI=1S/C19H22N2O3/c1-13-17(12-22)23-15-7-3-8-16(19(13)15)24-18(20)9-2-5-14-6-4-10-21-11-14/h3-4,6-8,10-11,18,22H,2,5,9,12,20H2,1H3. The van der Waals surface area contributed by atoms with Gasteiger partial charge in [-0.05, 0) is 49.9 Å². The van der Waals surface area contributed by atoms with Gasteiger partial charge >= 0.3 is 0 Å². The lowest BCUT2D eigenvalue weighted by molar-refractivity contribution is 0.198. The smallest absolute Gasteiger partial charge is 0.147 e. The Morgan fingerprint density at radius 2 is 2.17 bits per heavy atom. The van der Waals surface area contributed by atoms with Crippen LogP contribution in [0.15, 0.2) is 47.1 Å². The van der Waals surface area contributed by atoms with Crippen LogP contribution >= 0.6 is 0 Å². The van der Waals surface area contributed by atoms with E-state index in [1.807, 2.05) is 37.4 Å². The molecule has 3 rings (SSSR count). The minimum Gasteiger partial charge on any atom is -0.475 e. The number of furan rings is 1. The first kappa shape index (κ1) is 16.5. The highest BCUT2D eigenvalue weighted by atomic mass is 16.5. The molecule has 0 saturated carbocycles. The van der Waals surface area contributed by atoms with Crippen LogP contribution in [-0.4, -0.2) is 16.3 Å². The van der Waals surface area contributed by atoms with Crippen molar-refractivity contribution in [3.8, 4) is 5.75 Å². The van der Waals surface area contributed by atoms with Crippen molar-refractivity contribution in [3.63, 3.8) is 0 Å². The summed E-state index contributed by atoms with van der Waals surface area (Å²) in [6.07, 6.45) is 5.85. The number of pyridine rings is 1. The van der Waals surface area contributed by atoms with Crippen molar-refractivity contribution in [2.24, 2.45) is 5.73 Å². The van der Waals surface area contributed by atoms with Crippen molar-refractivity contribution in [1.29, 1.82) is 0 Å². The Kier molecular flexibility index (Phi) is 5.13. The number of aliphatic hydroxyl groups is 1. The molecule has 24 heavy (non-hydrogen) atoms. The number of aryl methyl sites for hydroxylation is 2. The number of aromatic nitrogens is 1. The minimum absolute atomic E-state index is 0.128. The lowest BCUT2D eigenvalue weighted by Crippen LogP contribution is -2.27. The molecule has 5 heteroatoms. The van der Waals surface area contributed by atoms with Crippen molar-refractivity contribution in [3.05, 3.63) is 59.6 Å². The molecule has 1 aromatic carbocycles. The van der Waals surface area contributed by atoms with Crippen molar-refractivity contribution in [1.82, 2.24) is 4.98 Å². The summed E-state index contributed by atoms with van der Waals surface area (Å²) in [5.74, 6) is 1.26. The summed E-state index contributed by atoms with van der Waals surface area (Å²) in [6.45, 7) is 1.79. The van der Waals surface area contributed by atoms with E-state index in [1.165, 1.54) is 5.56 Å². The molecule has 3 N–H and O–H groups in total. The molecular formula is C19H22N2O3. The predicted molar refractivity (Wildman–Crippen MR) is 92.7 cm³/mol. The third kappa shape index (κ3) is 3.58. The zero-order valence-corrected chi connectivity index (χ0v) is 13.7. The molecule has 0 amide bonds. The van der Waals surface area contributed by atoms with Crippen LogP contribution in [0.3, 0.4) is 0 Å². The number of rotatable bonds is 7. The normalized spacial score (nSPS) is 12.5. The average molecular weight is 326 g/mol. The second-order valence-electron chi connectivity index (χ2n) is 5.85. The number of nitrogens with zero attached hydrogens (tertiary/aromatic N) is 1. The molecule has 3 aromatic rings. The molecule has 126 valence electrons. The summed E-state index contributed by atoms with van der Waals surface area (Å²) in [6, 6.07) is 9.61. The van der Waals surface area contributed by atoms with E-state index >= 15 is 0 Å². The first-order valence-electron chi connectivity index (χ1n) is 8.12. The van der Waals surface area contributed by atoms with E-state index in [-0.39, 0.29) is 12.8 Å². The van der Waals surface area contributed by atoms with Gasteiger partial charge in [-0.2, -0.15) is 0 Å². The number of benzene rings is 1. The Labute approximate surface area is 141 Å². The Morgan fingerprint density at radius 3 is 2.92 bits per heavy atom. The molecule has 0 saturated heterocycles.